The zero-order chi connectivity index (χ0) is 13.8. The van der Waals surface area contributed by atoms with Gasteiger partial charge >= 0.3 is 0 Å². The summed E-state index contributed by atoms with van der Waals surface area (Å²) in [5, 5.41) is 3.79. The maximum absolute atomic E-state index is 12.2. The second-order valence-electron chi connectivity index (χ2n) is 4.74. The van der Waals surface area contributed by atoms with Crippen LogP contribution < -0.4 is 5.32 Å². The molecule has 0 aromatic carbocycles. The highest BCUT2D eigenvalue weighted by Gasteiger charge is 2.18. The molecular weight excluding hydrogens is 258 g/mol. The molecule has 0 aliphatic carbocycles. The molecule has 1 amide bonds. The van der Waals surface area contributed by atoms with Gasteiger partial charge in [0.15, 0.2) is 5.13 Å². The molecule has 0 bridgehead atoms. The first kappa shape index (κ1) is 13.8. The van der Waals surface area contributed by atoms with Crippen molar-refractivity contribution in [3.8, 4) is 5.13 Å². The van der Waals surface area contributed by atoms with E-state index in [4.69, 9.17) is 0 Å². The van der Waals surface area contributed by atoms with Crippen molar-refractivity contribution in [2.24, 2.45) is 0 Å². The first-order chi connectivity index (χ1) is 9.11. The van der Waals surface area contributed by atoms with Crippen LogP contribution in [0.2, 0.25) is 0 Å². The van der Waals surface area contributed by atoms with Crippen molar-refractivity contribution >= 4 is 17.2 Å². The molecule has 102 valence electrons. The van der Waals surface area contributed by atoms with Crippen molar-refractivity contribution in [1.82, 2.24) is 14.9 Å². The number of amides is 1. The topological polar surface area (TPSA) is 46.9 Å². The van der Waals surface area contributed by atoms with E-state index in [9.17, 15) is 4.79 Å². The Bertz CT molecular complexity index is 543. The highest BCUT2D eigenvalue weighted by molar-refractivity contribution is 7.16. The fourth-order valence-electron chi connectivity index (χ4n) is 1.82. The summed E-state index contributed by atoms with van der Waals surface area (Å²) in [7, 11) is 0. The second kappa shape index (κ2) is 6.02. The average molecular weight is 277 g/mol. The van der Waals surface area contributed by atoms with Gasteiger partial charge in [0.05, 0.1) is 5.69 Å². The zero-order valence-electron chi connectivity index (χ0n) is 11.5. The van der Waals surface area contributed by atoms with Crippen molar-refractivity contribution in [2.75, 3.05) is 0 Å². The Hall–Kier alpha value is -1.62. The van der Waals surface area contributed by atoms with Crippen molar-refractivity contribution in [1.29, 1.82) is 0 Å². The third-order valence-electron chi connectivity index (χ3n) is 2.62. The van der Waals surface area contributed by atoms with Crippen LogP contribution >= 0.6 is 11.3 Å². The molecule has 0 aliphatic rings. The quantitative estimate of drug-likeness (QED) is 0.913. The molecule has 2 rings (SSSR count). The molecule has 2 aromatic rings. The Morgan fingerprint density at radius 2 is 2.11 bits per heavy atom. The van der Waals surface area contributed by atoms with Crippen LogP contribution in [-0.2, 0) is 6.42 Å². The summed E-state index contributed by atoms with van der Waals surface area (Å²) in [5.74, 6) is -0.0191. The Kier molecular flexibility index (Phi) is 4.37. The fraction of sp³-hybridized carbons (Fsp3) is 0.429. The van der Waals surface area contributed by atoms with Crippen LogP contribution in [0, 0.1) is 0 Å². The van der Waals surface area contributed by atoms with Gasteiger partial charge < -0.3 is 9.88 Å². The van der Waals surface area contributed by atoms with Crippen molar-refractivity contribution in [3.05, 3.63) is 35.1 Å². The molecule has 4 nitrogen and oxygen atoms in total. The maximum Gasteiger partial charge on any atom is 0.263 e. The summed E-state index contributed by atoms with van der Waals surface area (Å²) in [5.41, 5.74) is 0.898. The molecule has 0 aliphatic heterocycles. The number of nitrogens with zero attached hydrogens (tertiary/aromatic N) is 2. The lowest BCUT2D eigenvalue weighted by Gasteiger charge is -2.07. The highest BCUT2D eigenvalue weighted by Crippen LogP contribution is 2.23. The Morgan fingerprint density at radius 1 is 1.42 bits per heavy atom. The summed E-state index contributed by atoms with van der Waals surface area (Å²) in [4.78, 5) is 17.5. The van der Waals surface area contributed by atoms with Gasteiger partial charge in [-0.15, -0.1) is 0 Å². The fourth-order valence-corrected chi connectivity index (χ4v) is 2.81. The van der Waals surface area contributed by atoms with E-state index in [1.807, 2.05) is 42.9 Å². The maximum atomic E-state index is 12.2. The number of hydrogen-bond donors (Lipinski definition) is 1. The molecule has 0 unspecified atom stereocenters. The summed E-state index contributed by atoms with van der Waals surface area (Å²) in [6.07, 6.45) is 5.70. The van der Waals surface area contributed by atoms with Crippen LogP contribution in [0.5, 0.6) is 0 Å². The molecule has 0 saturated heterocycles. The molecule has 0 fully saturated rings. The Balaban J connectivity index is 2.33. The molecule has 1 N–H and O–H groups in total. The van der Waals surface area contributed by atoms with Crippen LogP contribution in [-0.4, -0.2) is 21.5 Å². The van der Waals surface area contributed by atoms with E-state index >= 15 is 0 Å². The molecule has 0 spiro atoms. The predicted molar refractivity (Wildman–Crippen MR) is 78.0 cm³/mol. The van der Waals surface area contributed by atoms with Crippen LogP contribution in [0.15, 0.2) is 24.5 Å². The number of thiazole rings is 1. The van der Waals surface area contributed by atoms with Crippen LogP contribution in [0.4, 0.5) is 0 Å². The predicted octanol–water partition coefficient (Wildman–Crippen LogP) is 3.02. The van der Waals surface area contributed by atoms with Crippen molar-refractivity contribution in [2.45, 2.75) is 39.7 Å². The minimum atomic E-state index is -0.0191. The minimum absolute atomic E-state index is 0.0191. The van der Waals surface area contributed by atoms with E-state index in [-0.39, 0.29) is 11.9 Å². The van der Waals surface area contributed by atoms with Crippen molar-refractivity contribution < 1.29 is 4.79 Å². The summed E-state index contributed by atoms with van der Waals surface area (Å²) in [6.45, 7) is 6.02. The highest BCUT2D eigenvalue weighted by atomic mass is 32.1. The van der Waals surface area contributed by atoms with E-state index in [1.54, 1.807) is 0 Å². The molecular formula is C14H19N3OS. The monoisotopic (exact) mass is 277 g/mol. The Morgan fingerprint density at radius 3 is 2.68 bits per heavy atom. The first-order valence-corrected chi connectivity index (χ1v) is 7.37. The van der Waals surface area contributed by atoms with Gasteiger partial charge in [-0.3, -0.25) is 4.79 Å². The van der Waals surface area contributed by atoms with Gasteiger partial charge in [-0.1, -0.05) is 24.7 Å². The van der Waals surface area contributed by atoms with Crippen LogP contribution in [0.3, 0.4) is 0 Å². The summed E-state index contributed by atoms with van der Waals surface area (Å²) < 4.78 is 1.94. The number of rotatable bonds is 5. The molecule has 0 saturated carbocycles. The average Bonchev–Trinajstić information content (AvgIpc) is 2.95. The van der Waals surface area contributed by atoms with E-state index in [0.29, 0.717) is 0 Å². The molecule has 2 aromatic heterocycles. The van der Waals surface area contributed by atoms with Crippen LogP contribution in [0.1, 0.15) is 42.6 Å². The summed E-state index contributed by atoms with van der Waals surface area (Å²) in [6, 6.07) is 4.04. The third-order valence-corrected chi connectivity index (χ3v) is 3.73. The lowest BCUT2D eigenvalue weighted by atomic mass is 10.2. The number of carbonyl (C=O) groups excluding carboxylic acids is 1. The van der Waals surface area contributed by atoms with Gasteiger partial charge in [0.2, 0.25) is 0 Å². The van der Waals surface area contributed by atoms with E-state index in [1.165, 1.54) is 11.3 Å². The zero-order valence-corrected chi connectivity index (χ0v) is 12.3. The largest absolute Gasteiger partial charge is 0.349 e. The number of aryl methyl sites for hydroxylation is 1. The van der Waals surface area contributed by atoms with E-state index in [0.717, 1.165) is 28.5 Å². The van der Waals surface area contributed by atoms with Gasteiger partial charge in [0.1, 0.15) is 4.88 Å². The van der Waals surface area contributed by atoms with Gasteiger partial charge in [-0.25, -0.2) is 4.98 Å². The number of aromatic nitrogens is 2. The molecule has 2 heterocycles. The van der Waals surface area contributed by atoms with Gasteiger partial charge in [0, 0.05) is 18.4 Å². The number of nitrogens with one attached hydrogen (secondary N) is 1. The standard InChI is InChI=1S/C14H19N3OS/c1-4-7-11-12(13(18)15-10(2)3)19-14(16-11)17-8-5-6-9-17/h5-6,8-10H,4,7H2,1-3H3,(H,15,18). The number of hydrogen-bond acceptors (Lipinski definition) is 3. The Labute approximate surface area is 117 Å². The normalized spacial score (nSPS) is 10.9. The second-order valence-corrected chi connectivity index (χ2v) is 5.72. The minimum Gasteiger partial charge on any atom is -0.349 e. The van der Waals surface area contributed by atoms with Crippen molar-refractivity contribution in [3.63, 3.8) is 0 Å². The lowest BCUT2D eigenvalue weighted by Crippen LogP contribution is -2.30. The first-order valence-electron chi connectivity index (χ1n) is 6.55. The van der Waals surface area contributed by atoms with Gasteiger partial charge in [0.25, 0.3) is 5.91 Å². The van der Waals surface area contributed by atoms with E-state index in [2.05, 4.69) is 17.2 Å². The SMILES string of the molecule is CCCc1nc(-n2cccc2)sc1C(=O)NC(C)C. The molecule has 19 heavy (non-hydrogen) atoms. The molecule has 0 atom stereocenters. The molecule has 5 heteroatoms. The van der Waals surface area contributed by atoms with Crippen LogP contribution in [0.25, 0.3) is 5.13 Å². The number of carbonyl (C=O) groups is 1. The third kappa shape index (κ3) is 3.23. The summed E-state index contributed by atoms with van der Waals surface area (Å²) >= 11 is 1.45. The van der Waals surface area contributed by atoms with E-state index < -0.39 is 0 Å². The van der Waals surface area contributed by atoms with Gasteiger partial charge in [-0.2, -0.15) is 0 Å². The smallest absolute Gasteiger partial charge is 0.263 e. The van der Waals surface area contributed by atoms with Gasteiger partial charge in [-0.05, 0) is 32.4 Å². The molecule has 0 radical (unpaired) electrons. The lowest BCUT2D eigenvalue weighted by molar-refractivity contribution is 0.0946.